The Hall–Kier alpha value is -1.53. The van der Waals surface area contributed by atoms with Crippen molar-refractivity contribution in [3.63, 3.8) is 0 Å². The number of amides is 1. The summed E-state index contributed by atoms with van der Waals surface area (Å²) in [5.74, 6) is 0.961. The maximum atomic E-state index is 12.3. The van der Waals surface area contributed by atoms with Gasteiger partial charge in [0, 0.05) is 32.0 Å². The van der Waals surface area contributed by atoms with Crippen LogP contribution in [-0.2, 0) is 10.3 Å². The van der Waals surface area contributed by atoms with Gasteiger partial charge in [-0.1, -0.05) is 23.9 Å². The lowest BCUT2D eigenvalue weighted by molar-refractivity contribution is 0.0744. The number of aliphatic imine (C=N–C) groups is 1. The van der Waals surface area contributed by atoms with E-state index in [2.05, 4.69) is 11.9 Å². The van der Waals surface area contributed by atoms with Crippen LogP contribution in [-0.4, -0.2) is 49.0 Å². The lowest BCUT2D eigenvalue weighted by atomic mass is 9.89. The average molecular weight is 321 g/mol. The molecule has 0 fully saturated rings. The quantitative estimate of drug-likeness (QED) is 0.901. The number of likely N-dealkylation sites (N-methyl/N-ethyl adjacent to an activating group) is 1. The predicted molar refractivity (Wildman–Crippen MR) is 91.3 cm³/mol. The minimum atomic E-state index is -0.293. The molecular formula is C16H23N3O2S. The van der Waals surface area contributed by atoms with Gasteiger partial charge in [-0.2, -0.15) is 0 Å². The number of methoxy groups -OCH3 is 1. The first-order valence-corrected chi connectivity index (χ1v) is 8.28. The highest BCUT2D eigenvalue weighted by molar-refractivity contribution is 8.13. The van der Waals surface area contributed by atoms with Crippen LogP contribution in [0.15, 0.2) is 29.3 Å². The third kappa shape index (κ3) is 3.81. The first-order valence-electron chi connectivity index (χ1n) is 7.29. The fourth-order valence-corrected chi connectivity index (χ4v) is 3.39. The van der Waals surface area contributed by atoms with Gasteiger partial charge in [0.05, 0.1) is 12.1 Å². The zero-order valence-corrected chi connectivity index (χ0v) is 14.2. The molecule has 5 nitrogen and oxygen atoms in total. The molecule has 2 rings (SSSR count). The van der Waals surface area contributed by atoms with Crippen molar-refractivity contribution in [1.82, 2.24) is 4.90 Å². The summed E-state index contributed by atoms with van der Waals surface area (Å²) >= 11 is 1.59. The Kier molecular flexibility index (Phi) is 5.47. The summed E-state index contributed by atoms with van der Waals surface area (Å²) in [6.07, 6.45) is 0.944. The van der Waals surface area contributed by atoms with Gasteiger partial charge in [0.1, 0.15) is 0 Å². The van der Waals surface area contributed by atoms with Crippen molar-refractivity contribution in [2.24, 2.45) is 10.7 Å². The van der Waals surface area contributed by atoms with Crippen molar-refractivity contribution < 1.29 is 9.53 Å². The fourth-order valence-electron chi connectivity index (χ4n) is 2.42. The van der Waals surface area contributed by atoms with Crippen LogP contribution in [0.3, 0.4) is 0 Å². The highest BCUT2D eigenvalue weighted by Crippen LogP contribution is 2.34. The molecule has 120 valence electrons. The van der Waals surface area contributed by atoms with Crippen LogP contribution >= 0.6 is 11.8 Å². The molecule has 1 aromatic carbocycles. The number of ether oxygens (including phenoxy) is 1. The van der Waals surface area contributed by atoms with Crippen LogP contribution in [0.25, 0.3) is 0 Å². The van der Waals surface area contributed by atoms with Crippen molar-refractivity contribution in [3.05, 3.63) is 35.4 Å². The molecule has 0 radical (unpaired) electrons. The molecule has 1 aromatic rings. The SMILES string of the molecule is COCCN(C)C(=O)c1ccc(C2(C)CCSC(N)=N2)cc1. The number of nitrogens with zero attached hydrogens (tertiary/aromatic N) is 2. The first-order chi connectivity index (χ1) is 10.5. The molecule has 0 aromatic heterocycles. The number of hydrogen-bond donors (Lipinski definition) is 1. The first kappa shape index (κ1) is 16.8. The molecule has 1 aliphatic heterocycles. The van der Waals surface area contributed by atoms with E-state index in [9.17, 15) is 4.79 Å². The second-order valence-electron chi connectivity index (χ2n) is 5.62. The van der Waals surface area contributed by atoms with Gasteiger partial charge in [0.15, 0.2) is 5.17 Å². The summed E-state index contributed by atoms with van der Waals surface area (Å²) in [5, 5.41) is 0.633. The largest absolute Gasteiger partial charge is 0.383 e. The Labute approximate surface area is 135 Å². The summed E-state index contributed by atoms with van der Waals surface area (Å²) < 4.78 is 5.00. The van der Waals surface area contributed by atoms with Crippen molar-refractivity contribution in [2.45, 2.75) is 18.9 Å². The van der Waals surface area contributed by atoms with Gasteiger partial charge >= 0.3 is 0 Å². The van der Waals surface area contributed by atoms with E-state index in [1.54, 1.807) is 30.8 Å². The normalized spacial score (nSPS) is 21.3. The Bertz CT molecular complexity index is 559. The summed E-state index contributed by atoms with van der Waals surface area (Å²) in [6.45, 7) is 3.19. The van der Waals surface area contributed by atoms with Crippen LogP contribution in [0.1, 0.15) is 29.3 Å². The molecule has 0 saturated carbocycles. The molecule has 0 aliphatic carbocycles. The molecule has 22 heavy (non-hydrogen) atoms. The molecule has 1 aliphatic rings. The number of thioether (sulfide) groups is 1. The van der Waals surface area contributed by atoms with Crippen LogP contribution in [0.5, 0.6) is 0 Å². The van der Waals surface area contributed by atoms with Crippen LogP contribution in [0.2, 0.25) is 0 Å². The van der Waals surface area contributed by atoms with E-state index in [1.165, 1.54) is 0 Å². The molecule has 0 bridgehead atoms. The van der Waals surface area contributed by atoms with Gasteiger partial charge in [0.25, 0.3) is 5.91 Å². The highest BCUT2D eigenvalue weighted by Gasteiger charge is 2.29. The minimum absolute atomic E-state index is 0.00373. The highest BCUT2D eigenvalue weighted by atomic mass is 32.2. The van der Waals surface area contributed by atoms with Gasteiger partial charge in [-0.15, -0.1) is 0 Å². The number of carbonyl (C=O) groups excluding carboxylic acids is 1. The number of hydrogen-bond acceptors (Lipinski definition) is 5. The zero-order chi connectivity index (χ0) is 16.2. The fraction of sp³-hybridized carbons (Fsp3) is 0.500. The zero-order valence-electron chi connectivity index (χ0n) is 13.3. The van der Waals surface area contributed by atoms with Gasteiger partial charge in [0.2, 0.25) is 0 Å². The van der Waals surface area contributed by atoms with Crippen molar-refractivity contribution in [1.29, 1.82) is 0 Å². The molecule has 1 unspecified atom stereocenters. The monoisotopic (exact) mass is 321 g/mol. The van der Waals surface area contributed by atoms with Gasteiger partial charge in [-0.3, -0.25) is 9.79 Å². The molecule has 0 spiro atoms. The van der Waals surface area contributed by atoms with E-state index in [0.717, 1.165) is 17.7 Å². The van der Waals surface area contributed by atoms with E-state index in [-0.39, 0.29) is 11.4 Å². The molecule has 6 heteroatoms. The van der Waals surface area contributed by atoms with E-state index in [4.69, 9.17) is 10.5 Å². The third-order valence-electron chi connectivity index (χ3n) is 3.93. The maximum absolute atomic E-state index is 12.3. The summed E-state index contributed by atoms with van der Waals surface area (Å²) in [7, 11) is 3.41. The minimum Gasteiger partial charge on any atom is -0.383 e. The van der Waals surface area contributed by atoms with Gasteiger partial charge in [-0.25, -0.2) is 0 Å². The second-order valence-corrected chi connectivity index (χ2v) is 6.73. The Morgan fingerprint density at radius 2 is 2.14 bits per heavy atom. The maximum Gasteiger partial charge on any atom is 0.253 e. The summed E-state index contributed by atoms with van der Waals surface area (Å²) in [5.41, 5.74) is 7.32. The predicted octanol–water partition coefficient (Wildman–Crippen LogP) is 2.07. The van der Waals surface area contributed by atoms with E-state index < -0.39 is 0 Å². The van der Waals surface area contributed by atoms with Crippen LogP contribution in [0.4, 0.5) is 0 Å². The summed E-state index contributed by atoms with van der Waals surface area (Å²) in [6, 6.07) is 7.67. The number of amidine groups is 1. The molecule has 0 saturated heterocycles. The smallest absolute Gasteiger partial charge is 0.253 e. The number of rotatable bonds is 5. The van der Waals surface area contributed by atoms with Crippen molar-refractivity contribution in [3.8, 4) is 0 Å². The van der Waals surface area contributed by atoms with Crippen LogP contribution in [0, 0.1) is 0 Å². The number of benzene rings is 1. The topological polar surface area (TPSA) is 67.9 Å². The van der Waals surface area contributed by atoms with Gasteiger partial charge in [-0.05, 0) is 31.0 Å². The van der Waals surface area contributed by atoms with E-state index >= 15 is 0 Å². The molecule has 2 N–H and O–H groups in total. The number of nitrogens with two attached hydrogens (primary N) is 1. The van der Waals surface area contributed by atoms with Crippen LogP contribution < -0.4 is 5.73 Å². The summed E-state index contributed by atoms with van der Waals surface area (Å²) in [4.78, 5) is 18.5. The lowest BCUT2D eigenvalue weighted by Gasteiger charge is -2.29. The van der Waals surface area contributed by atoms with Crippen molar-refractivity contribution in [2.75, 3.05) is 33.1 Å². The molecular weight excluding hydrogens is 298 g/mol. The lowest BCUT2D eigenvalue weighted by Crippen LogP contribution is -2.30. The third-order valence-corrected chi connectivity index (χ3v) is 4.72. The van der Waals surface area contributed by atoms with Gasteiger partial charge < -0.3 is 15.4 Å². The average Bonchev–Trinajstić information content (AvgIpc) is 2.51. The van der Waals surface area contributed by atoms with E-state index in [0.29, 0.717) is 23.9 Å². The molecule has 1 amide bonds. The van der Waals surface area contributed by atoms with Crippen molar-refractivity contribution >= 4 is 22.8 Å². The van der Waals surface area contributed by atoms with E-state index in [1.807, 2.05) is 24.3 Å². The standard InChI is InChI=1S/C16H23N3O2S/c1-16(8-11-22-15(17)18-16)13-6-4-12(5-7-13)14(20)19(2)9-10-21-3/h4-7H,8-11H2,1-3H3,(H2,17,18). The number of carbonyl (C=O) groups is 1. The molecule has 1 heterocycles. The Balaban J connectivity index is 2.13. The molecule has 1 atom stereocenters. The Morgan fingerprint density at radius 3 is 2.73 bits per heavy atom. The second kappa shape index (κ2) is 7.15. The Morgan fingerprint density at radius 1 is 1.45 bits per heavy atom.